The average molecular weight is 378 g/mol. The number of hydrogen-bond acceptors (Lipinski definition) is 3. The van der Waals surface area contributed by atoms with Crippen LogP contribution in [0.5, 0.6) is 0 Å². The SMILES string of the molecule is O=C(NCc1ccccc1CN1CCCC1=O)c1nc(Cl)ccc1Cl. The average Bonchev–Trinajstić information content (AvgIpc) is 3.01. The van der Waals surface area contributed by atoms with Crippen molar-refractivity contribution in [3.63, 3.8) is 0 Å². The van der Waals surface area contributed by atoms with Crippen LogP contribution in [0.1, 0.15) is 34.5 Å². The molecular formula is C18H17Cl2N3O2. The molecule has 0 atom stereocenters. The Kier molecular flexibility index (Phi) is 5.56. The first-order chi connectivity index (χ1) is 12.0. The molecule has 5 nitrogen and oxygen atoms in total. The summed E-state index contributed by atoms with van der Waals surface area (Å²) in [5.74, 6) is -0.215. The van der Waals surface area contributed by atoms with Crippen molar-refractivity contribution < 1.29 is 9.59 Å². The second kappa shape index (κ2) is 7.85. The van der Waals surface area contributed by atoms with Gasteiger partial charge in [0.05, 0.1) is 5.02 Å². The van der Waals surface area contributed by atoms with E-state index >= 15 is 0 Å². The number of nitrogens with one attached hydrogen (secondary N) is 1. The first-order valence-electron chi connectivity index (χ1n) is 7.99. The molecule has 1 N–H and O–H groups in total. The van der Waals surface area contributed by atoms with Crippen LogP contribution in [-0.2, 0) is 17.9 Å². The lowest BCUT2D eigenvalue weighted by atomic mass is 10.1. The summed E-state index contributed by atoms with van der Waals surface area (Å²) in [6.45, 7) is 1.66. The van der Waals surface area contributed by atoms with Crippen LogP contribution in [0.3, 0.4) is 0 Å². The van der Waals surface area contributed by atoms with Crippen LogP contribution in [0.2, 0.25) is 10.2 Å². The van der Waals surface area contributed by atoms with E-state index in [0.717, 1.165) is 24.1 Å². The van der Waals surface area contributed by atoms with Crippen LogP contribution in [0.15, 0.2) is 36.4 Å². The van der Waals surface area contributed by atoms with Crippen molar-refractivity contribution >= 4 is 35.0 Å². The van der Waals surface area contributed by atoms with Gasteiger partial charge in [0, 0.05) is 26.1 Å². The standard InChI is InChI=1S/C18H17Cl2N3O2/c19-14-7-8-15(20)22-17(14)18(25)21-10-12-4-1-2-5-13(12)11-23-9-3-6-16(23)24/h1-2,4-5,7-8H,3,6,9-11H2,(H,21,25). The van der Waals surface area contributed by atoms with Crippen LogP contribution >= 0.6 is 23.2 Å². The maximum absolute atomic E-state index is 12.3. The number of carbonyl (C=O) groups is 2. The minimum atomic E-state index is -0.389. The first kappa shape index (κ1) is 17.7. The lowest BCUT2D eigenvalue weighted by molar-refractivity contribution is -0.128. The molecule has 25 heavy (non-hydrogen) atoms. The molecule has 1 fully saturated rings. The molecule has 0 unspecified atom stereocenters. The molecule has 0 bridgehead atoms. The molecule has 1 saturated heterocycles. The molecule has 2 aromatic rings. The van der Waals surface area contributed by atoms with Crippen molar-refractivity contribution in [3.05, 3.63) is 63.4 Å². The van der Waals surface area contributed by atoms with Crippen LogP contribution in [-0.4, -0.2) is 28.2 Å². The third kappa shape index (κ3) is 4.30. The molecule has 1 aromatic heterocycles. The van der Waals surface area contributed by atoms with E-state index in [2.05, 4.69) is 10.3 Å². The summed E-state index contributed by atoms with van der Waals surface area (Å²) in [5.41, 5.74) is 2.07. The van der Waals surface area contributed by atoms with Gasteiger partial charge in [0.15, 0.2) is 0 Å². The van der Waals surface area contributed by atoms with Crippen LogP contribution in [0.4, 0.5) is 0 Å². The van der Waals surface area contributed by atoms with Crippen molar-refractivity contribution in [2.45, 2.75) is 25.9 Å². The topological polar surface area (TPSA) is 62.3 Å². The van der Waals surface area contributed by atoms with Gasteiger partial charge in [0.25, 0.3) is 5.91 Å². The van der Waals surface area contributed by atoms with Crippen molar-refractivity contribution in [1.29, 1.82) is 0 Å². The van der Waals surface area contributed by atoms with Crippen LogP contribution in [0.25, 0.3) is 0 Å². The summed E-state index contributed by atoms with van der Waals surface area (Å²) in [7, 11) is 0. The monoisotopic (exact) mass is 377 g/mol. The van der Waals surface area contributed by atoms with Gasteiger partial charge in [-0.1, -0.05) is 47.5 Å². The zero-order chi connectivity index (χ0) is 17.8. The number of benzene rings is 1. The Morgan fingerprint density at radius 3 is 2.64 bits per heavy atom. The lowest BCUT2D eigenvalue weighted by Crippen LogP contribution is -2.27. The molecule has 0 spiro atoms. The maximum Gasteiger partial charge on any atom is 0.271 e. The molecule has 7 heteroatoms. The quantitative estimate of drug-likeness (QED) is 0.811. The summed E-state index contributed by atoms with van der Waals surface area (Å²) in [4.78, 5) is 30.0. The Labute approximate surface area is 155 Å². The smallest absolute Gasteiger partial charge is 0.271 e. The van der Waals surface area contributed by atoms with Crippen molar-refractivity contribution in [3.8, 4) is 0 Å². The second-order valence-corrected chi connectivity index (χ2v) is 6.63. The summed E-state index contributed by atoms with van der Waals surface area (Å²) in [5, 5.41) is 3.27. The molecule has 0 saturated carbocycles. The molecule has 1 aliphatic rings. The van der Waals surface area contributed by atoms with Gasteiger partial charge in [0.1, 0.15) is 10.8 Å². The molecule has 1 aromatic carbocycles. The third-order valence-corrected chi connectivity index (χ3v) is 4.63. The fourth-order valence-electron chi connectivity index (χ4n) is 2.80. The fourth-order valence-corrected chi connectivity index (χ4v) is 3.14. The van der Waals surface area contributed by atoms with E-state index in [0.29, 0.717) is 19.5 Å². The van der Waals surface area contributed by atoms with E-state index in [1.807, 2.05) is 29.2 Å². The Bertz CT molecular complexity index is 811. The van der Waals surface area contributed by atoms with E-state index in [4.69, 9.17) is 23.2 Å². The Hall–Kier alpha value is -2.11. The number of nitrogens with zero attached hydrogens (tertiary/aromatic N) is 2. The number of likely N-dealkylation sites (tertiary alicyclic amines) is 1. The number of pyridine rings is 1. The van der Waals surface area contributed by atoms with Gasteiger partial charge >= 0.3 is 0 Å². The van der Waals surface area contributed by atoms with Gasteiger partial charge in [-0.05, 0) is 29.7 Å². The van der Waals surface area contributed by atoms with Crippen molar-refractivity contribution in [2.24, 2.45) is 0 Å². The van der Waals surface area contributed by atoms with E-state index in [9.17, 15) is 9.59 Å². The lowest BCUT2D eigenvalue weighted by Gasteiger charge is -2.18. The highest BCUT2D eigenvalue weighted by molar-refractivity contribution is 6.34. The van der Waals surface area contributed by atoms with E-state index in [-0.39, 0.29) is 27.7 Å². The third-order valence-electron chi connectivity index (χ3n) is 4.12. The highest BCUT2D eigenvalue weighted by Crippen LogP contribution is 2.19. The van der Waals surface area contributed by atoms with Gasteiger partial charge in [0.2, 0.25) is 5.91 Å². The van der Waals surface area contributed by atoms with Gasteiger partial charge in [-0.15, -0.1) is 0 Å². The molecule has 0 aliphatic carbocycles. The Morgan fingerprint density at radius 1 is 1.16 bits per heavy atom. The highest BCUT2D eigenvalue weighted by Gasteiger charge is 2.21. The zero-order valence-corrected chi connectivity index (χ0v) is 15.0. The van der Waals surface area contributed by atoms with Gasteiger partial charge in [-0.2, -0.15) is 0 Å². The molecule has 1 aliphatic heterocycles. The fraction of sp³-hybridized carbons (Fsp3) is 0.278. The number of amides is 2. The molecule has 2 heterocycles. The minimum Gasteiger partial charge on any atom is -0.347 e. The number of rotatable bonds is 5. The maximum atomic E-state index is 12.3. The summed E-state index contributed by atoms with van der Waals surface area (Å²) in [6, 6.07) is 10.8. The Morgan fingerprint density at radius 2 is 1.92 bits per heavy atom. The molecule has 130 valence electrons. The first-order valence-corrected chi connectivity index (χ1v) is 8.75. The molecular weight excluding hydrogens is 361 g/mol. The van der Waals surface area contributed by atoms with Gasteiger partial charge in [-0.25, -0.2) is 4.98 Å². The van der Waals surface area contributed by atoms with Crippen LogP contribution in [0, 0.1) is 0 Å². The predicted octanol–water partition coefficient (Wildman–Crippen LogP) is 3.44. The van der Waals surface area contributed by atoms with Gasteiger partial charge in [-0.3, -0.25) is 9.59 Å². The molecule has 2 amide bonds. The predicted molar refractivity (Wildman–Crippen MR) is 96.5 cm³/mol. The minimum absolute atomic E-state index is 0.0985. The zero-order valence-electron chi connectivity index (χ0n) is 13.5. The van der Waals surface area contributed by atoms with Crippen LogP contribution < -0.4 is 5.32 Å². The summed E-state index contributed by atoms with van der Waals surface area (Å²) < 4.78 is 0. The Balaban J connectivity index is 1.70. The normalized spacial score (nSPS) is 14.0. The highest BCUT2D eigenvalue weighted by atomic mass is 35.5. The molecule has 3 rings (SSSR count). The van der Waals surface area contributed by atoms with Crippen molar-refractivity contribution in [2.75, 3.05) is 6.54 Å². The number of hydrogen-bond donors (Lipinski definition) is 1. The largest absolute Gasteiger partial charge is 0.347 e. The van der Waals surface area contributed by atoms with Crippen molar-refractivity contribution in [1.82, 2.24) is 15.2 Å². The number of aromatic nitrogens is 1. The second-order valence-electron chi connectivity index (χ2n) is 5.83. The summed E-state index contributed by atoms with van der Waals surface area (Å²) >= 11 is 11.8. The molecule has 0 radical (unpaired) electrons. The van der Waals surface area contributed by atoms with E-state index in [1.165, 1.54) is 6.07 Å². The van der Waals surface area contributed by atoms with Gasteiger partial charge < -0.3 is 10.2 Å². The summed E-state index contributed by atoms with van der Waals surface area (Å²) in [6.07, 6.45) is 1.51. The number of carbonyl (C=O) groups excluding carboxylic acids is 2. The van der Waals surface area contributed by atoms with E-state index < -0.39 is 0 Å². The number of halogens is 2. The van der Waals surface area contributed by atoms with E-state index in [1.54, 1.807) is 6.07 Å².